The van der Waals surface area contributed by atoms with Crippen LogP contribution in [0.15, 0.2) is 41.4 Å². The second-order valence-electron chi connectivity index (χ2n) is 6.33. The largest absolute Gasteiger partial charge is 0.496 e. The Bertz CT molecular complexity index is 868. The normalized spacial score (nSPS) is 12.3. The Morgan fingerprint density at radius 2 is 1.96 bits per heavy atom. The van der Waals surface area contributed by atoms with E-state index in [1.165, 1.54) is 20.3 Å². The van der Waals surface area contributed by atoms with E-state index in [-0.39, 0.29) is 11.9 Å². The highest BCUT2D eigenvalue weighted by Crippen LogP contribution is 2.21. The molecule has 150 valence electrons. The van der Waals surface area contributed by atoms with Crippen molar-refractivity contribution in [2.24, 2.45) is 4.99 Å². The molecule has 0 saturated carbocycles. The molecule has 2 aromatic rings. The molecule has 0 aliphatic carbocycles. The van der Waals surface area contributed by atoms with Crippen molar-refractivity contribution < 1.29 is 18.7 Å². The van der Waals surface area contributed by atoms with Crippen LogP contribution in [0.2, 0.25) is 0 Å². The quantitative estimate of drug-likeness (QED) is 0.452. The van der Waals surface area contributed by atoms with Crippen LogP contribution in [0.3, 0.4) is 0 Å². The van der Waals surface area contributed by atoms with Gasteiger partial charge in [-0.1, -0.05) is 18.2 Å². The van der Waals surface area contributed by atoms with Gasteiger partial charge in [-0.2, -0.15) is 0 Å². The molecule has 0 heterocycles. The van der Waals surface area contributed by atoms with E-state index in [9.17, 15) is 9.18 Å². The molecule has 1 atom stereocenters. The minimum Gasteiger partial charge on any atom is -0.496 e. The van der Waals surface area contributed by atoms with Crippen LogP contribution in [-0.4, -0.2) is 33.2 Å². The molecule has 0 spiro atoms. The Labute approximate surface area is 164 Å². The van der Waals surface area contributed by atoms with Crippen LogP contribution in [0, 0.1) is 12.7 Å². The summed E-state index contributed by atoms with van der Waals surface area (Å²) in [6, 6.07) is 10.3. The summed E-state index contributed by atoms with van der Waals surface area (Å²) < 4.78 is 23.8. The number of halogens is 1. The van der Waals surface area contributed by atoms with Crippen molar-refractivity contribution in [3.8, 4) is 5.75 Å². The summed E-state index contributed by atoms with van der Waals surface area (Å²) in [5, 5.41) is 6.43. The van der Waals surface area contributed by atoms with Crippen molar-refractivity contribution in [2.75, 3.05) is 21.3 Å². The van der Waals surface area contributed by atoms with E-state index in [0.717, 1.165) is 11.1 Å². The first kappa shape index (κ1) is 21.2. The number of carbonyl (C=O) groups excluding carboxylic acids is 1. The van der Waals surface area contributed by atoms with Crippen LogP contribution in [0.1, 0.15) is 40.0 Å². The van der Waals surface area contributed by atoms with E-state index >= 15 is 0 Å². The number of carbonyl (C=O) groups is 1. The smallest absolute Gasteiger partial charge is 0.341 e. The average Bonchev–Trinajstić information content (AvgIpc) is 2.71. The first-order valence-corrected chi connectivity index (χ1v) is 8.88. The standard InChI is InChI=1S/C21H26FN3O3/c1-13-6-8-16(11-18(13)22)14(2)25-21(23-3)24-12-15-7-9-17(20(26)28-5)19(10-15)27-4/h6-11,14H,12H2,1-5H3,(H2,23,24,25). The Morgan fingerprint density at radius 1 is 1.21 bits per heavy atom. The second-order valence-corrected chi connectivity index (χ2v) is 6.33. The first-order valence-electron chi connectivity index (χ1n) is 8.88. The molecule has 0 bridgehead atoms. The molecular weight excluding hydrogens is 361 g/mol. The maximum absolute atomic E-state index is 13.8. The third-order valence-electron chi connectivity index (χ3n) is 4.40. The monoisotopic (exact) mass is 387 g/mol. The highest BCUT2D eigenvalue weighted by molar-refractivity contribution is 5.92. The van der Waals surface area contributed by atoms with Gasteiger partial charge in [0.1, 0.15) is 17.1 Å². The SMILES string of the molecule is CN=C(NCc1ccc(C(=O)OC)c(OC)c1)NC(C)c1ccc(C)c(F)c1. The van der Waals surface area contributed by atoms with E-state index in [1.54, 1.807) is 32.2 Å². The van der Waals surface area contributed by atoms with Gasteiger partial charge in [-0.15, -0.1) is 0 Å². The van der Waals surface area contributed by atoms with Crippen molar-refractivity contribution in [3.63, 3.8) is 0 Å². The molecule has 0 aliphatic rings. The van der Waals surface area contributed by atoms with Crippen molar-refractivity contribution >= 4 is 11.9 Å². The lowest BCUT2D eigenvalue weighted by Crippen LogP contribution is -2.38. The number of benzene rings is 2. The van der Waals surface area contributed by atoms with Gasteiger partial charge in [0.2, 0.25) is 0 Å². The molecule has 0 radical (unpaired) electrons. The Kier molecular flexibility index (Phi) is 7.37. The van der Waals surface area contributed by atoms with Gasteiger partial charge in [-0.3, -0.25) is 4.99 Å². The fourth-order valence-corrected chi connectivity index (χ4v) is 2.67. The number of aliphatic imine (C=N–C) groups is 1. The van der Waals surface area contributed by atoms with Crippen LogP contribution in [0.5, 0.6) is 5.75 Å². The number of hydrogen-bond donors (Lipinski definition) is 2. The Hall–Kier alpha value is -3.09. The third kappa shape index (κ3) is 5.22. The van der Waals surface area contributed by atoms with Crippen LogP contribution in [-0.2, 0) is 11.3 Å². The molecule has 2 rings (SSSR count). The van der Waals surface area contributed by atoms with Crippen molar-refractivity contribution in [3.05, 3.63) is 64.5 Å². The van der Waals surface area contributed by atoms with E-state index in [1.807, 2.05) is 19.1 Å². The summed E-state index contributed by atoms with van der Waals surface area (Å²) in [5.41, 5.74) is 2.71. The molecule has 0 fully saturated rings. The molecule has 6 nitrogen and oxygen atoms in total. The number of aryl methyl sites for hydroxylation is 1. The molecule has 0 aliphatic heterocycles. The number of rotatable bonds is 6. The second kappa shape index (κ2) is 9.73. The number of hydrogen-bond acceptors (Lipinski definition) is 4. The zero-order chi connectivity index (χ0) is 20.7. The van der Waals surface area contributed by atoms with Gasteiger partial charge in [0.25, 0.3) is 0 Å². The van der Waals surface area contributed by atoms with Crippen LogP contribution >= 0.6 is 0 Å². The van der Waals surface area contributed by atoms with E-state index < -0.39 is 5.97 Å². The minimum absolute atomic E-state index is 0.127. The number of nitrogens with one attached hydrogen (secondary N) is 2. The number of ether oxygens (including phenoxy) is 2. The Balaban J connectivity index is 2.03. The molecule has 0 saturated heterocycles. The van der Waals surface area contributed by atoms with Gasteiger partial charge in [-0.25, -0.2) is 9.18 Å². The lowest BCUT2D eigenvalue weighted by Gasteiger charge is -2.19. The van der Waals surface area contributed by atoms with Gasteiger partial charge in [0.15, 0.2) is 5.96 Å². The van der Waals surface area contributed by atoms with Crippen LogP contribution in [0.4, 0.5) is 4.39 Å². The van der Waals surface area contributed by atoms with E-state index in [0.29, 0.717) is 29.4 Å². The fraction of sp³-hybridized carbons (Fsp3) is 0.333. The minimum atomic E-state index is -0.451. The van der Waals surface area contributed by atoms with Gasteiger partial charge in [0, 0.05) is 13.6 Å². The molecule has 1 unspecified atom stereocenters. The lowest BCUT2D eigenvalue weighted by molar-refractivity contribution is 0.0597. The molecule has 0 aromatic heterocycles. The maximum Gasteiger partial charge on any atom is 0.341 e. The van der Waals surface area contributed by atoms with Gasteiger partial charge in [-0.05, 0) is 48.7 Å². The number of nitrogens with zero attached hydrogens (tertiary/aromatic N) is 1. The van der Waals surface area contributed by atoms with Crippen LogP contribution < -0.4 is 15.4 Å². The molecule has 2 aromatic carbocycles. The summed E-state index contributed by atoms with van der Waals surface area (Å²) in [7, 11) is 4.49. The number of guanidine groups is 1. The third-order valence-corrected chi connectivity index (χ3v) is 4.40. The summed E-state index contributed by atoms with van der Waals surface area (Å²) in [6.07, 6.45) is 0. The van der Waals surface area contributed by atoms with Gasteiger partial charge < -0.3 is 20.1 Å². The zero-order valence-electron chi connectivity index (χ0n) is 16.8. The zero-order valence-corrected chi connectivity index (χ0v) is 16.8. The summed E-state index contributed by atoms with van der Waals surface area (Å²) in [5.74, 6) is 0.335. The molecule has 0 amide bonds. The molecule has 7 heteroatoms. The van der Waals surface area contributed by atoms with Crippen molar-refractivity contribution in [1.29, 1.82) is 0 Å². The highest BCUT2D eigenvalue weighted by Gasteiger charge is 2.14. The maximum atomic E-state index is 13.8. The molecular formula is C21H26FN3O3. The predicted molar refractivity (Wildman–Crippen MR) is 107 cm³/mol. The lowest BCUT2D eigenvalue weighted by atomic mass is 10.1. The molecule has 28 heavy (non-hydrogen) atoms. The van der Waals surface area contributed by atoms with Crippen LogP contribution in [0.25, 0.3) is 0 Å². The summed E-state index contributed by atoms with van der Waals surface area (Å²) in [6.45, 7) is 4.13. The summed E-state index contributed by atoms with van der Waals surface area (Å²) >= 11 is 0. The number of methoxy groups -OCH3 is 2. The van der Waals surface area contributed by atoms with Gasteiger partial charge >= 0.3 is 5.97 Å². The Morgan fingerprint density at radius 3 is 2.57 bits per heavy atom. The number of esters is 1. The van der Waals surface area contributed by atoms with E-state index in [4.69, 9.17) is 9.47 Å². The average molecular weight is 387 g/mol. The highest BCUT2D eigenvalue weighted by atomic mass is 19.1. The molecule has 2 N–H and O–H groups in total. The topological polar surface area (TPSA) is 72.0 Å². The van der Waals surface area contributed by atoms with Crippen molar-refractivity contribution in [1.82, 2.24) is 10.6 Å². The first-order chi connectivity index (χ1) is 13.4. The van der Waals surface area contributed by atoms with E-state index in [2.05, 4.69) is 15.6 Å². The van der Waals surface area contributed by atoms with Crippen molar-refractivity contribution in [2.45, 2.75) is 26.4 Å². The summed E-state index contributed by atoms with van der Waals surface area (Å²) in [4.78, 5) is 15.9. The van der Waals surface area contributed by atoms with Gasteiger partial charge in [0.05, 0.1) is 20.3 Å². The fourth-order valence-electron chi connectivity index (χ4n) is 2.67. The predicted octanol–water partition coefficient (Wildman–Crippen LogP) is 3.36.